The number of benzene rings is 1. The summed E-state index contributed by atoms with van der Waals surface area (Å²) in [6.45, 7) is 5.57. The van der Waals surface area contributed by atoms with Crippen molar-refractivity contribution in [3.05, 3.63) is 28.8 Å². The first-order valence-corrected chi connectivity index (χ1v) is 6.57. The van der Waals surface area contributed by atoms with Crippen LogP contribution in [0.15, 0.2) is 12.1 Å². The molecule has 0 aliphatic carbocycles. The third-order valence-corrected chi connectivity index (χ3v) is 3.60. The number of rotatable bonds is 3. The second-order valence-corrected chi connectivity index (χ2v) is 5.59. The van der Waals surface area contributed by atoms with Crippen LogP contribution in [0.3, 0.4) is 0 Å². The van der Waals surface area contributed by atoms with Gasteiger partial charge < -0.3 is 10.2 Å². The van der Waals surface area contributed by atoms with Crippen molar-refractivity contribution in [3.63, 3.8) is 0 Å². The van der Waals surface area contributed by atoms with E-state index in [1.807, 2.05) is 0 Å². The smallest absolute Gasteiger partial charge is 0.0404 e. The van der Waals surface area contributed by atoms with Crippen LogP contribution < -0.4 is 5.32 Å². The molecule has 1 aromatic carbocycles. The molecule has 1 aliphatic rings. The highest BCUT2D eigenvalue weighted by atomic mass is 15.1. The van der Waals surface area contributed by atoms with Gasteiger partial charge in [0.2, 0.25) is 0 Å². The van der Waals surface area contributed by atoms with Crippen molar-refractivity contribution in [1.82, 2.24) is 4.90 Å². The number of hydrogen-bond donors (Lipinski definition) is 1. The quantitative estimate of drug-likeness (QED) is 0.862. The SMILES string of the molecule is Cc1cc(C)c2c(c1)CCC(CCN(C)C)N2. The van der Waals surface area contributed by atoms with Gasteiger partial charge >= 0.3 is 0 Å². The fourth-order valence-corrected chi connectivity index (χ4v) is 2.70. The molecule has 0 spiro atoms. The number of fused-ring (bicyclic) bond motifs is 1. The lowest BCUT2D eigenvalue weighted by molar-refractivity contribution is 0.379. The van der Waals surface area contributed by atoms with Crippen LogP contribution in [0.2, 0.25) is 0 Å². The van der Waals surface area contributed by atoms with Crippen molar-refractivity contribution in [2.45, 2.75) is 39.2 Å². The number of nitrogens with one attached hydrogen (secondary N) is 1. The summed E-state index contributed by atoms with van der Waals surface area (Å²) >= 11 is 0. The standard InChI is InChI=1S/C15H24N2/c1-11-9-12(2)15-13(10-11)5-6-14(16-15)7-8-17(3)4/h9-10,14,16H,5-8H2,1-4H3. The number of aryl methyl sites for hydroxylation is 3. The maximum atomic E-state index is 3.72. The van der Waals surface area contributed by atoms with Crippen molar-refractivity contribution in [2.24, 2.45) is 0 Å². The van der Waals surface area contributed by atoms with E-state index in [4.69, 9.17) is 0 Å². The molecule has 17 heavy (non-hydrogen) atoms. The lowest BCUT2D eigenvalue weighted by atomic mass is 9.92. The summed E-state index contributed by atoms with van der Waals surface area (Å²) < 4.78 is 0. The van der Waals surface area contributed by atoms with Crippen LogP contribution in [-0.2, 0) is 6.42 Å². The van der Waals surface area contributed by atoms with Crippen molar-refractivity contribution in [2.75, 3.05) is 26.0 Å². The molecule has 1 aromatic rings. The minimum Gasteiger partial charge on any atom is -0.382 e. The van der Waals surface area contributed by atoms with Crippen LogP contribution in [0, 0.1) is 13.8 Å². The van der Waals surface area contributed by atoms with Crippen molar-refractivity contribution in [1.29, 1.82) is 0 Å². The van der Waals surface area contributed by atoms with Gasteiger partial charge in [0.25, 0.3) is 0 Å². The number of nitrogens with zero attached hydrogens (tertiary/aromatic N) is 1. The zero-order valence-corrected chi connectivity index (χ0v) is 11.5. The summed E-state index contributed by atoms with van der Waals surface area (Å²) in [5, 5.41) is 3.72. The first-order valence-electron chi connectivity index (χ1n) is 6.57. The van der Waals surface area contributed by atoms with Crippen molar-refractivity contribution in [3.8, 4) is 0 Å². The summed E-state index contributed by atoms with van der Waals surface area (Å²) in [6.07, 6.45) is 3.73. The molecule has 2 rings (SSSR count). The largest absolute Gasteiger partial charge is 0.382 e. The Hall–Kier alpha value is -1.02. The molecular weight excluding hydrogens is 208 g/mol. The molecule has 0 amide bonds. The van der Waals surface area contributed by atoms with Crippen LogP contribution >= 0.6 is 0 Å². The molecular formula is C15H24N2. The van der Waals surface area contributed by atoms with Crippen LogP contribution in [-0.4, -0.2) is 31.6 Å². The Morgan fingerprint density at radius 2 is 2.06 bits per heavy atom. The highest BCUT2D eigenvalue weighted by molar-refractivity contribution is 5.60. The first kappa shape index (κ1) is 12.4. The van der Waals surface area contributed by atoms with Gasteiger partial charge in [0.05, 0.1) is 0 Å². The zero-order valence-electron chi connectivity index (χ0n) is 11.5. The van der Waals surface area contributed by atoms with Gasteiger partial charge in [0, 0.05) is 11.7 Å². The number of anilines is 1. The van der Waals surface area contributed by atoms with Crippen LogP contribution in [0.25, 0.3) is 0 Å². The lowest BCUT2D eigenvalue weighted by Gasteiger charge is -2.29. The highest BCUT2D eigenvalue weighted by Crippen LogP contribution is 2.30. The molecule has 0 aromatic heterocycles. The molecule has 0 radical (unpaired) electrons. The first-order chi connectivity index (χ1) is 8.06. The van der Waals surface area contributed by atoms with Crippen molar-refractivity contribution < 1.29 is 0 Å². The molecule has 0 bridgehead atoms. The Bertz CT molecular complexity index is 396. The molecule has 1 heterocycles. The fraction of sp³-hybridized carbons (Fsp3) is 0.600. The minimum absolute atomic E-state index is 0.645. The summed E-state index contributed by atoms with van der Waals surface area (Å²) in [5.41, 5.74) is 5.68. The summed E-state index contributed by atoms with van der Waals surface area (Å²) in [4.78, 5) is 2.26. The zero-order chi connectivity index (χ0) is 12.4. The van der Waals surface area contributed by atoms with E-state index in [-0.39, 0.29) is 0 Å². The van der Waals surface area contributed by atoms with E-state index in [0.29, 0.717) is 6.04 Å². The Balaban J connectivity index is 2.08. The average Bonchev–Trinajstić information content (AvgIpc) is 2.26. The average molecular weight is 232 g/mol. The maximum Gasteiger partial charge on any atom is 0.0404 e. The lowest BCUT2D eigenvalue weighted by Crippen LogP contribution is -2.29. The van der Waals surface area contributed by atoms with Crippen LogP contribution in [0.4, 0.5) is 5.69 Å². The second-order valence-electron chi connectivity index (χ2n) is 5.59. The van der Waals surface area contributed by atoms with Gasteiger partial charge in [0.15, 0.2) is 0 Å². The summed E-state index contributed by atoms with van der Waals surface area (Å²) in [6, 6.07) is 5.25. The van der Waals surface area contributed by atoms with E-state index < -0.39 is 0 Å². The second kappa shape index (κ2) is 5.09. The van der Waals surface area contributed by atoms with Crippen LogP contribution in [0.1, 0.15) is 29.5 Å². The van der Waals surface area contributed by atoms with Crippen LogP contribution in [0.5, 0.6) is 0 Å². The molecule has 1 N–H and O–H groups in total. The van der Waals surface area contributed by atoms with Crippen molar-refractivity contribution >= 4 is 5.69 Å². The van der Waals surface area contributed by atoms with E-state index in [9.17, 15) is 0 Å². The van der Waals surface area contributed by atoms with Gasteiger partial charge in [-0.3, -0.25) is 0 Å². The molecule has 2 heteroatoms. The molecule has 1 atom stereocenters. The highest BCUT2D eigenvalue weighted by Gasteiger charge is 2.19. The predicted molar refractivity (Wildman–Crippen MR) is 74.8 cm³/mol. The van der Waals surface area contributed by atoms with E-state index in [2.05, 4.69) is 50.3 Å². The third-order valence-electron chi connectivity index (χ3n) is 3.60. The molecule has 0 saturated heterocycles. The predicted octanol–water partition coefficient (Wildman–Crippen LogP) is 2.98. The molecule has 94 valence electrons. The minimum atomic E-state index is 0.645. The Morgan fingerprint density at radius 3 is 2.76 bits per heavy atom. The summed E-state index contributed by atoms with van der Waals surface area (Å²) in [7, 11) is 4.29. The normalized spacial score (nSPS) is 19.0. The van der Waals surface area contributed by atoms with Gasteiger partial charge in [-0.1, -0.05) is 17.7 Å². The Labute approximate surface area is 105 Å². The van der Waals surface area contributed by atoms with Gasteiger partial charge in [-0.2, -0.15) is 0 Å². The van der Waals surface area contributed by atoms with E-state index in [1.54, 1.807) is 0 Å². The topological polar surface area (TPSA) is 15.3 Å². The monoisotopic (exact) mass is 232 g/mol. The van der Waals surface area contributed by atoms with Gasteiger partial charge in [-0.05, 0) is 64.9 Å². The van der Waals surface area contributed by atoms with Gasteiger partial charge in [0.1, 0.15) is 0 Å². The molecule has 2 nitrogen and oxygen atoms in total. The van der Waals surface area contributed by atoms with E-state index >= 15 is 0 Å². The van der Waals surface area contributed by atoms with E-state index in [0.717, 1.165) is 6.54 Å². The number of hydrogen-bond acceptors (Lipinski definition) is 2. The molecule has 1 unspecified atom stereocenters. The molecule has 0 fully saturated rings. The Kier molecular flexibility index (Phi) is 3.72. The van der Waals surface area contributed by atoms with E-state index in [1.165, 1.54) is 41.6 Å². The third kappa shape index (κ3) is 3.01. The Morgan fingerprint density at radius 1 is 1.29 bits per heavy atom. The van der Waals surface area contributed by atoms with Gasteiger partial charge in [-0.25, -0.2) is 0 Å². The molecule has 1 aliphatic heterocycles. The fourth-order valence-electron chi connectivity index (χ4n) is 2.70. The molecule has 0 saturated carbocycles. The van der Waals surface area contributed by atoms with Gasteiger partial charge in [-0.15, -0.1) is 0 Å². The summed E-state index contributed by atoms with van der Waals surface area (Å²) in [5.74, 6) is 0. The maximum absolute atomic E-state index is 3.72.